The van der Waals surface area contributed by atoms with E-state index in [0.29, 0.717) is 23.0 Å². The topological polar surface area (TPSA) is 63.4 Å². The summed E-state index contributed by atoms with van der Waals surface area (Å²) in [5.41, 5.74) is 6.39. The second-order valence-electron chi connectivity index (χ2n) is 5.47. The van der Waals surface area contributed by atoms with Gasteiger partial charge in [0.25, 0.3) is 0 Å². The lowest BCUT2D eigenvalue weighted by Gasteiger charge is -2.18. The Morgan fingerprint density at radius 1 is 1.25 bits per heavy atom. The maximum Gasteiger partial charge on any atom is 0.243 e. The third-order valence-electron chi connectivity index (χ3n) is 3.76. The molecule has 0 atom stereocenters. The summed E-state index contributed by atoms with van der Waals surface area (Å²) in [7, 11) is -1.78. The van der Waals surface area contributed by atoms with Crippen molar-refractivity contribution < 1.29 is 8.42 Å². The second kappa shape index (κ2) is 4.75. The Hall–Kier alpha value is -1.59. The standard InChI is InChI=1S/C15H18N2O2S/c1-17(10-11-5-6-11)20(18,19)15-4-2-3-12-9-13(16)7-8-14(12)15/h2-4,7-9,11H,5-6,10,16H2,1H3. The van der Waals surface area contributed by atoms with E-state index in [-0.39, 0.29) is 0 Å². The molecule has 1 aliphatic carbocycles. The lowest BCUT2D eigenvalue weighted by Crippen LogP contribution is -2.29. The first kappa shape index (κ1) is 13.4. The van der Waals surface area contributed by atoms with E-state index < -0.39 is 10.0 Å². The zero-order valence-corrected chi connectivity index (χ0v) is 12.2. The molecule has 1 aliphatic rings. The molecule has 0 heterocycles. The molecule has 5 heteroatoms. The Bertz CT molecular complexity index is 752. The zero-order chi connectivity index (χ0) is 14.3. The van der Waals surface area contributed by atoms with Crippen LogP contribution in [0.25, 0.3) is 10.8 Å². The van der Waals surface area contributed by atoms with Crippen LogP contribution in [0, 0.1) is 5.92 Å². The van der Waals surface area contributed by atoms with Crippen LogP contribution in [0.4, 0.5) is 5.69 Å². The molecule has 0 aromatic heterocycles. The summed E-state index contributed by atoms with van der Waals surface area (Å²) in [4.78, 5) is 0.359. The largest absolute Gasteiger partial charge is 0.399 e. The van der Waals surface area contributed by atoms with Crippen molar-refractivity contribution in [3.05, 3.63) is 36.4 Å². The van der Waals surface area contributed by atoms with Crippen LogP contribution in [0.15, 0.2) is 41.3 Å². The van der Waals surface area contributed by atoms with Crippen molar-refractivity contribution >= 4 is 26.5 Å². The second-order valence-corrected chi connectivity index (χ2v) is 7.48. The molecule has 0 spiro atoms. The monoisotopic (exact) mass is 290 g/mol. The van der Waals surface area contributed by atoms with E-state index in [9.17, 15) is 8.42 Å². The fourth-order valence-electron chi connectivity index (χ4n) is 2.43. The summed E-state index contributed by atoms with van der Waals surface area (Å²) in [6.07, 6.45) is 2.26. The highest BCUT2D eigenvalue weighted by Gasteiger charge is 2.29. The van der Waals surface area contributed by atoms with Crippen LogP contribution in [-0.2, 0) is 10.0 Å². The number of nitrogen functional groups attached to an aromatic ring is 1. The average Bonchev–Trinajstić information content (AvgIpc) is 3.21. The van der Waals surface area contributed by atoms with Crippen LogP contribution in [0.2, 0.25) is 0 Å². The van der Waals surface area contributed by atoms with Gasteiger partial charge in [0.15, 0.2) is 0 Å². The first-order valence-corrected chi connectivity index (χ1v) is 8.17. The predicted molar refractivity (Wildman–Crippen MR) is 80.9 cm³/mol. The number of nitrogens with two attached hydrogens (primary N) is 1. The smallest absolute Gasteiger partial charge is 0.243 e. The van der Waals surface area contributed by atoms with E-state index in [1.54, 1.807) is 37.4 Å². The third-order valence-corrected chi connectivity index (χ3v) is 5.65. The van der Waals surface area contributed by atoms with Crippen molar-refractivity contribution in [2.24, 2.45) is 5.92 Å². The van der Waals surface area contributed by atoms with E-state index in [0.717, 1.165) is 23.6 Å². The molecule has 4 nitrogen and oxygen atoms in total. The highest BCUT2D eigenvalue weighted by molar-refractivity contribution is 7.89. The van der Waals surface area contributed by atoms with E-state index >= 15 is 0 Å². The summed E-state index contributed by atoms with van der Waals surface area (Å²) >= 11 is 0. The van der Waals surface area contributed by atoms with Gasteiger partial charge >= 0.3 is 0 Å². The van der Waals surface area contributed by atoms with E-state index in [1.807, 2.05) is 6.07 Å². The minimum atomic E-state index is -3.44. The molecule has 3 rings (SSSR count). The fraction of sp³-hybridized carbons (Fsp3) is 0.333. The Labute approximate surface area is 119 Å². The van der Waals surface area contributed by atoms with Gasteiger partial charge in [-0.05, 0) is 42.3 Å². The number of anilines is 1. The molecule has 1 fully saturated rings. The first-order valence-electron chi connectivity index (χ1n) is 6.73. The molecule has 106 valence electrons. The van der Waals surface area contributed by atoms with Gasteiger partial charge in [-0.3, -0.25) is 0 Å². The zero-order valence-electron chi connectivity index (χ0n) is 11.4. The molecular formula is C15H18N2O2S. The van der Waals surface area contributed by atoms with Gasteiger partial charge in [0, 0.05) is 24.7 Å². The molecule has 20 heavy (non-hydrogen) atoms. The maximum atomic E-state index is 12.7. The van der Waals surface area contributed by atoms with Crippen molar-refractivity contribution in [2.45, 2.75) is 17.7 Å². The summed E-state index contributed by atoms with van der Waals surface area (Å²) in [6, 6.07) is 10.6. The van der Waals surface area contributed by atoms with Crippen LogP contribution in [0.1, 0.15) is 12.8 Å². The fourth-order valence-corrected chi connectivity index (χ4v) is 3.88. The van der Waals surface area contributed by atoms with Crippen LogP contribution in [0.5, 0.6) is 0 Å². The average molecular weight is 290 g/mol. The van der Waals surface area contributed by atoms with Gasteiger partial charge in [0.2, 0.25) is 10.0 Å². The number of nitrogens with zero attached hydrogens (tertiary/aromatic N) is 1. The molecule has 0 radical (unpaired) electrons. The summed E-state index contributed by atoms with van der Waals surface area (Å²) in [6.45, 7) is 0.605. The van der Waals surface area contributed by atoms with Crippen LogP contribution < -0.4 is 5.73 Å². The highest BCUT2D eigenvalue weighted by atomic mass is 32.2. The molecule has 2 aromatic carbocycles. The quantitative estimate of drug-likeness (QED) is 0.880. The number of fused-ring (bicyclic) bond motifs is 1. The Kier molecular flexibility index (Phi) is 3.18. The molecule has 0 bridgehead atoms. The van der Waals surface area contributed by atoms with Gasteiger partial charge in [-0.15, -0.1) is 0 Å². The molecule has 0 amide bonds. The maximum absolute atomic E-state index is 12.7. The van der Waals surface area contributed by atoms with Crippen LogP contribution in [0.3, 0.4) is 0 Å². The minimum absolute atomic E-state index is 0.359. The van der Waals surface area contributed by atoms with Crippen molar-refractivity contribution in [3.8, 4) is 0 Å². The number of hydrogen-bond donors (Lipinski definition) is 1. The van der Waals surface area contributed by atoms with Gasteiger partial charge in [-0.25, -0.2) is 12.7 Å². The normalized spacial score (nSPS) is 15.9. The molecule has 1 saturated carbocycles. The lowest BCUT2D eigenvalue weighted by molar-refractivity contribution is 0.453. The van der Waals surface area contributed by atoms with Crippen LogP contribution in [-0.4, -0.2) is 26.3 Å². The number of sulfonamides is 1. The summed E-state index contributed by atoms with van der Waals surface area (Å²) in [5.74, 6) is 0.528. The summed E-state index contributed by atoms with van der Waals surface area (Å²) < 4.78 is 26.8. The molecular weight excluding hydrogens is 272 g/mol. The summed E-state index contributed by atoms with van der Waals surface area (Å²) in [5, 5.41) is 1.58. The highest BCUT2D eigenvalue weighted by Crippen LogP contribution is 2.32. The molecule has 0 aliphatic heterocycles. The van der Waals surface area contributed by atoms with Crippen molar-refractivity contribution in [3.63, 3.8) is 0 Å². The number of rotatable bonds is 4. The number of hydrogen-bond acceptors (Lipinski definition) is 3. The van der Waals surface area contributed by atoms with Gasteiger partial charge in [-0.2, -0.15) is 0 Å². The number of benzene rings is 2. The van der Waals surface area contributed by atoms with Crippen molar-refractivity contribution in [1.29, 1.82) is 0 Å². The van der Waals surface area contributed by atoms with E-state index in [4.69, 9.17) is 5.73 Å². The minimum Gasteiger partial charge on any atom is -0.399 e. The molecule has 2 aromatic rings. The molecule has 0 saturated heterocycles. The first-order chi connectivity index (χ1) is 9.48. The van der Waals surface area contributed by atoms with E-state index in [2.05, 4.69) is 0 Å². The van der Waals surface area contributed by atoms with Gasteiger partial charge in [0.05, 0.1) is 4.90 Å². The van der Waals surface area contributed by atoms with Gasteiger partial charge in [0.1, 0.15) is 0 Å². The van der Waals surface area contributed by atoms with Crippen LogP contribution >= 0.6 is 0 Å². The van der Waals surface area contributed by atoms with E-state index in [1.165, 1.54) is 4.31 Å². The predicted octanol–water partition coefficient (Wildman–Crippen LogP) is 2.45. The third kappa shape index (κ3) is 2.39. The Balaban J connectivity index is 2.08. The van der Waals surface area contributed by atoms with Gasteiger partial charge < -0.3 is 5.73 Å². The van der Waals surface area contributed by atoms with Crippen molar-refractivity contribution in [1.82, 2.24) is 4.31 Å². The van der Waals surface area contributed by atoms with Crippen molar-refractivity contribution in [2.75, 3.05) is 19.3 Å². The molecule has 0 unspecified atom stereocenters. The Morgan fingerprint density at radius 2 is 2.00 bits per heavy atom. The SMILES string of the molecule is CN(CC1CC1)S(=O)(=O)c1cccc2cc(N)ccc12. The van der Waals surface area contributed by atoms with Gasteiger partial charge in [-0.1, -0.05) is 18.2 Å². The molecule has 2 N–H and O–H groups in total. The lowest BCUT2D eigenvalue weighted by atomic mass is 10.1. The Morgan fingerprint density at radius 3 is 2.70 bits per heavy atom.